The van der Waals surface area contributed by atoms with Gasteiger partial charge in [0.05, 0.1) is 29.0 Å². The van der Waals surface area contributed by atoms with E-state index in [1.54, 1.807) is 24.3 Å². The molecule has 0 aliphatic carbocycles. The normalized spacial score (nSPS) is 11.5. The van der Waals surface area contributed by atoms with Crippen molar-refractivity contribution in [2.24, 2.45) is 5.73 Å². The zero-order valence-electron chi connectivity index (χ0n) is 19.5. The van der Waals surface area contributed by atoms with Gasteiger partial charge in [0, 0.05) is 10.9 Å². The molecule has 0 fully saturated rings. The summed E-state index contributed by atoms with van der Waals surface area (Å²) in [6.45, 7) is 2.60. The van der Waals surface area contributed by atoms with Crippen molar-refractivity contribution in [1.82, 2.24) is 14.8 Å². The predicted octanol–water partition coefficient (Wildman–Crippen LogP) is 4.50. The monoisotopic (exact) mass is 513 g/mol. The molecule has 0 saturated carbocycles. The lowest BCUT2D eigenvalue weighted by Gasteiger charge is -2.11. The van der Waals surface area contributed by atoms with Crippen LogP contribution in [0.15, 0.2) is 48.5 Å². The van der Waals surface area contributed by atoms with E-state index in [2.05, 4.69) is 15.4 Å². The van der Waals surface area contributed by atoms with Crippen LogP contribution in [-0.4, -0.2) is 32.4 Å². The summed E-state index contributed by atoms with van der Waals surface area (Å²) in [7, 11) is 0. The number of nitrogens with two attached hydrogens (primary N) is 1. The molecule has 0 saturated heterocycles. The maximum Gasteiger partial charge on any atom is 0.437 e. The number of fused-ring (bicyclic) bond motifs is 1. The van der Waals surface area contributed by atoms with E-state index in [0.717, 1.165) is 16.8 Å². The molecule has 37 heavy (non-hydrogen) atoms. The fourth-order valence-electron chi connectivity index (χ4n) is 3.84. The summed E-state index contributed by atoms with van der Waals surface area (Å²) in [5, 5.41) is 5.62. The van der Waals surface area contributed by atoms with Crippen LogP contribution < -0.4 is 11.1 Å². The maximum atomic E-state index is 14.3. The Morgan fingerprint density at radius 2 is 1.78 bits per heavy atom. The topological polar surface area (TPSA) is 120 Å². The van der Waals surface area contributed by atoms with Crippen molar-refractivity contribution in [3.8, 4) is 0 Å². The molecule has 2 heterocycles. The molecule has 0 aliphatic heterocycles. The number of rotatable bonds is 6. The van der Waals surface area contributed by atoms with Gasteiger partial charge < -0.3 is 11.1 Å². The molecule has 2 aromatic carbocycles. The molecule has 0 radical (unpaired) electrons. The number of pyridine rings is 1. The molecular weight excluding hydrogens is 494 g/mol. The fraction of sp³-hybridized carbons (Fsp3) is 0.160. The van der Waals surface area contributed by atoms with Gasteiger partial charge in [-0.05, 0) is 43.7 Å². The standard InChI is InChI=1S/C25H19F4N5O3/c1-12-21(22(25(27,28)29)33-34(12)11-14-5-3-6-15(9-14)13(2)35)32-24(37)19-10-16(23(30)36)20-17(26)7-4-8-18(20)31-19/h3-10H,11H2,1-2H3,(H2,30,36)(H,32,37). The van der Waals surface area contributed by atoms with Gasteiger partial charge in [-0.3, -0.25) is 19.1 Å². The second-order valence-corrected chi connectivity index (χ2v) is 8.23. The first-order chi connectivity index (χ1) is 17.4. The molecule has 3 N–H and O–H groups in total. The van der Waals surface area contributed by atoms with Crippen LogP contribution >= 0.6 is 0 Å². The number of hydrogen-bond acceptors (Lipinski definition) is 5. The molecular formula is C25H19F4N5O3. The SMILES string of the molecule is CC(=O)c1cccc(Cn2nc(C(F)(F)F)c(NC(=O)c3cc(C(N)=O)c4c(F)cccc4n3)c2C)c1. The second kappa shape index (κ2) is 9.45. The Morgan fingerprint density at radius 1 is 1.08 bits per heavy atom. The minimum absolute atomic E-state index is 0.0177. The molecule has 0 unspecified atom stereocenters. The molecule has 4 aromatic rings. The van der Waals surface area contributed by atoms with Crippen LogP contribution in [0.3, 0.4) is 0 Å². The summed E-state index contributed by atoms with van der Waals surface area (Å²) in [5.74, 6) is -3.13. The molecule has 8 nitrogen and oxygen atoms in total. The van der Waals surface area contributed by atoms with Crippen LogP contribution in [0.5, 0.6) is 0 Å². The van der Waals surface area contributed by atoms with Crippen molar-refractivity contribution < 1.29 is 31.9 Å². The lowest BCUT2D eigenvalue weighted by atomic mass is 10.1. The lowest BCUT2D eigenvalue weighted by Crippen LogP contribution is -2.20. The summed E-state index contributed by atoms with van der Waals surface area (Å²) < 4.78 is 56.8. The number of benzene rings is 2. The Kier molecular flexibility index (Phi) is 6.51. The first kappa shape index (κ1) is 25.5. The highest BCUT2D eigenvalue weighted by Crippen LogP contribution is 2.36. The summed E-state index contributed by atoms with van der Waals surface area (Å²) in [6.07, 6.45) is -4.92. The van der Waals surface area contributed by atoms with Crippen molar-refractivity contribution in [3.05, 3.63) is 88.1 Å². The number of carbonyl (C=O) groups excluding carboxylic acids is 3. The summed E-state index contributed by atoms with van der Waals surface area (Å²) in [5.41, 5.74) is 3.41. The van der Waals surface area contributed by atoms with Crippen LogP contribution in [0, 0.1) is 12.7 Å². The van der Waals surface area contributed by atoms with Crippen LogP contribution in [0.4, 0.5) is 23.2 Å². The Bertz CT molecular complexity index is 1580. The number of anilines is 1. The highest BCUT2D eigenvalue weighted by Gasteiger charge is 2.39. The summed E-state index contributed by atoms with van der Waals surface area (Å²) in [4.78, 5) is 40.5. The molecule has 0 bridgehead atoms. The van der Waals surface area contributed by atoms with Gasteiger partial charge >= 0.3 is 6.18 Å². The van der Waals surface area contributed by atoms with Gasteiger partial charge in [0.15, 0.2) is 11.5 Å². The minimum Gasteiger partial charge on any atom is -0.366 e. The van der Waals surface area contributed by atoms with Crippen molar-refractivity contribution in [3.63, 3.8) is 0 Å². The quantitative estimate of drug-likeness (QED) is 0.291. The third kappa shape index (κ3) is 5.03. The third-order valence-electron chi connectivity index (χ3n) is 5.66. The molecule has 190 valence electrons. The number of amides is 2. The summed E-state index contributed by atoms with van der Waals surface area (Å²) >= 11 is 0. The van der Waals surface area contributed by atoms with E-state index in [-0.39, 0.29) is 34.5 Å². The van der Waals surface area contributed by atoms with Crippen molar-refractivity contribution >= 4 is 34.2 Å². The Hall–Kier alpha value is -4.61. The van der Waals surface area contributed by atoms with E-state index in [9.17, 15) is 31.9 Å². The number of halogens is 4. The van der Waals surface area contributed by atoms with Crippen LogP contribution in [0.2, 0.25) is 0 Å². The van der Waals surface area contributed by atoms with Crippen LogP contribution in [0.1, 0.15) is 55.1 Å². The number of alkyl halides is 3. The van der Waals surface area contributed by atoms with Crippen molar-refractivity contribution in [1.29, 1.82) is 0 Å². The second-order valence-electron chi connectivity index (χ2n) is 8.23. The number of nitrogens with zero attached hydrogens (tertiary/aromatic N) is 3. The molecule has 0 aliphatic rings. The molecule has 12 heteroatoms. The van der Waals surface area contributed by atoms with Gasteiger partial charge in [-0.15, -0.1) is 0 Å². The largest absolute Gasteiger partial charge is 0.437 e. The van der Waals surface area contributed by atoms with E-state index >= 15 is 0 Å². The highest BCUT2D eigenvalue weighted by atomic mass is 19.4. The molecule has 4 rings (SSSR count). The Labute approximate surface area is 207 Å². The smallest absolute Gasteiger partial charge is 0.366 e. The van der Waals surface area contributed by atoms with E-state index in [1.165, 1.54) is 26.0 Å². The van der Waals surface area contributed by atoms with Gasteiger partial charge in [-0.2, -0.15) is 18.3 Å². The van der Waals surface area contributed by atoms with Crippen LogP contribution in [-0.2, 0) is 12.7 Å². The van der Waals surface area contributed by atoms with Crippen molar-refractivity contribution in [2.45, 2.75) is 26.6 Å². The molecule has 2 amide bonds. The average molecular weight is 513 g/mol. The van der Waals surface area contributed by atoms with Gasteiger partial charge in [-0.1, -0.05) is 24.3 Å². The zero-order valence-corrected chi connectivity index (χ0v) is 19.5. The number of Topliss-reactive ketones (excluding diaryl/α,β-unsaturated/α-hetero) is 1. The van der Waals surface area contributed by atoms with Gasteiger partial charge in [0.1, 0.15) is 11.5 Å². The number of carbonyl (C=O) groups is 3. The number of aromatic nitrogens is 3. The minimum atomic E-state index is -4.92. The van der Waals surface area contributed by atoms with E-state index in [4.69, 9.17) is 5.73 Å². The van der Waals surface area contributed by atoms with Gasteiger partial charge in [0.25, 0.3) is 5.91 Å². The number of ketones is 1. The third-order valence-corrected chi connectivity index (χ3v) is 5.66. The predicted molar refractivity (Wildman–Crippen MR) is 126 cm³/mol. The number of hydrogen-bond donors (Lipinski definition) is 2. The van der Waals surface area contributed by atoms with Crippen molar-refractivity contribution in [2.75, 3.05) is 5.32 Å². The van der Waals surface area contributed by atoms with Gasteiger partial charge in [0.2, 0.25) is 5.91 Å². The maximum absolute atomic E-state index is 14.3. The van der Waals surface area contributed by atoms with Gasteiger partial charge in [-0.25, -0.2) is 9.37 Å². The first-order valence-corrected chi connectivity index (χ1v) is 10.8. The van der Waals surface area contributed by atoms with E-state index in [0.29, 0.717) is 11.1 Å². The number of primary amides is 1. The van der Waals surface area contributed by atoms with E-state index < -0.39 is 40.9 Å². The molecule has 0 atom stereocenters. The Balaban J connectivity index is 1.75. The lowest BCUT2D eigenvalue weighted by molar-refractivity contribution is -0.140. The molecule has 0 spiro atoms. The van der Waals surface area contributed by atoms with Crippen LogP contribution in [0.25, 0.3) is 10.9 Å². The Morgan fingerprint density at radius 3 is 2.43 bits per heavy atom. The zero-order chi connectivity index (χ0) is 27.1. The first-order valence-electron chi connectivity index (χ1n) is 10.8. The highest BCUT2D eigenvalue weighted by molar-refractivity contribution is 6.10. The summed E-state index contributed by atoms with van der Waals surface area (Å²) in [6, 6.07) is 11.0. The molecule has 2 aromatic heterocycles. The average Bonchev–Trinajstić information content (AvgIpc) is 3.14. The van der Waals surface area contributed by atoms with E-state index in [1.807, 2.05) is 0 Å². The fourth-order valence-corrected chi connectivity index (χ4v) is 3.84. The number of nitrogens with one attached hydrogen (secondary N) is 1.